The molecule has 0 spiro atoms. The Kier molecular flexibility index (Phi) is 4.89. The first-order valence-corrected chi connectivity index (χ1v) is 8.61. The number of amides is 1. The Hall–Kier alpha value is -2.61. The lowest BCUT2D eigenvalue weighted by molar-refractivity contribution is 0.101. The Balaban J connectivity index is 1.72. The molecule has 2 heterocycles. The van der Waals surface area contributed by atoms with E-state index < -0.39 is 5.91 Å². The molecule has 1 aromatic carbocycles. The number of carbonyl (C=O) groups excluding carboxylic acids is 1. The van der Waals surface area contributed by atoms with Gasteiger partial charge in [-0.05, 0) is 24.5 Å². The fourth-order valence-corrected chi connectivity index (χ4v) is 3.11. The normalized spacial score (nSPS) is 11.1. The molecule has 0 aliphatic rings. The Morgan fingerprint density at radius 3 is 2.84 bits per heavy atom. The third-order valence-corrected chi connectivity index (χ3v) is 4.33. The van der Waals surface area contributed by atoms with Gasteiger partial charge in [0.05, 0.1) is 0 Å². The minimum atomic E-state index is -0.449. The molecule has 1 N–H and O–H groups in total. The minimum Gasteiger partial charge on any atom is -0.355 e. The molecule has 0 atom stereocenters. The molecule has 0 bridgehead atoms. The quantitative estimate of drug-likeness (QED) is 0.741. The predicted molar refractivity (Wildman–Crippen MR) is 93.0 cm³/mol. The lowest BCUT2D eigenvalue weighted by atomic mass is 10.1. The van der Waals surface area contributed by atoms with Crippen molar-refractivity contribution >= 4 is 22.4 Å². The summed E-state index contributed by atoms with van der Waals surface area (Å²) < 4.78 is 18.8. The van der Waals surface area contributed by atoms with Gasteiger partial charge in [-0.3, -0.25) is 10.1 Å². The van der Waals surface area contributed by atoms with Crippen LogP contribution < -0.4 is 5.32 Å². The van der Waals surface area contributed by atoms with Crippen LogP contribution in [0.4, 0.5) is 9.52 Å². The number of hydrogen-bond acceptors (Lipinski definition) is 6. The van der Waals surface area contributed by atoms with Gasteiger partial charge in [0.25, 0.3) is 5.91 Å². The second-order valence-corrected chi connectivity index (χ2v) is 7.16. The van der Waals surface area contributed by atoms with E-state index in [0.29, 0.717) is 27.9 Å². The minimum absolute atomic E-state index is 0.0941. The van der Waals surface area contributed by atoms with Gasteiger partial charge in [0, 0.05) is 18.1 Å². The highest BCUT2D eigenvalue weighted by atomic mass is 32.1. The van der Waals surface area contributed by atoms with Crippen LogP contribution in [-0.2, 0) is 6.42 Å². The summed E-state index contributed by atoms with van der Waals surface area (Å²) in [7, 11) is 0. The number of rotatable bonds is 5. The summed E-state index contributed by atoms with van der Waals surface area (Å²) in [6, 6.07) is 6.17. The molecule has 25 heavy (non-hydrogen) atoms. The maximum Gasteiger partial charge on any atom is 0.279 e. The highest BCUT2D eigenvalue weighted by Gasteiger charge is 2.16. The first-order valence-electron chi connectivity index (χ1n) is 7.79. The van der Waals surface area contributed by atoms with E-state index >= 15 is 0 Å². The maximum atomic E-state index is 13.7. The van der Waals surface area contributed by atoms with Crippen LogP contribution in [-0.4, -0.2) is 21.3 Å². The van der Waals surface area contributed by atoms with Crippen molar-refractivity contribution < 1.29 is 13.7 Å². The summed E-state index contributed by atoms with van der Waals surface area (Å²) in [5.74, 6) is -0.00686. The Bertz CT molecular complexity index is 904. The van der Waals surface area contributed by atoms with Crippen LogP contribution in [0.15, 0.2) is 28.8 Å². The van der Waals surface area contributed by atoms with E-state index in [4.69, 9.17) is 4.52 Å². The van der Waals surface area contributed by atoms with Crippen molar-refractivity contribution in [3.63, 3.8) is 0 Å². The molecule has 0 saturated heterocycles. The summed E-state index contributed by atoms with van der Waals surface area (Å²) in [5, 5.41) is 15.7. The molecule has 130 valence electrons. The first-order chi connectivity index (χ1) is 11.9. The van der Waals surface area contributed by atoms with Gasteiger partial charge in [-0.1, -0.05) is 42.5 Å². The molecule has 2 aromatic heterocycles. The number of carbonyl (C=O) groups is 1. The number of hydrogen-bond donors (Lipinski definition) is 1. The molecule has 1 amide bonds. The molecule has 0 fully saturated rings. The van der Waals surface area contributed by atoms with Gasteiger partial charge >= 0.3 is 0 Å². The van der Waals surface area contributed by atoms with E-state index in [1.807, 2.05) is 0 Å². The van der Waals surface area contributed by atoms with Crippen molar-refractivity contribution in [2.45, 2.75) is 27.2 Å². The van der Waals surface area contributed by atoms with Gasteiger partial charge in [-0.2, -0.15) is 0 Å². The van der Waals surface area contributed by atoms with Crippen LogP contribution in [0.5, 0.6) is 0 Å². The van der Waals surface area contributed by atoms with Crippen molar-refractivity contribution in [3.05, 3.63) is 46.3 Å². The Labute approximate surface area is 148 Å². The molecule has 6 nitrogen and oxygen atoms in total. The van der Waals surface area contributed by atoms with E-state index in [9.17, 15) is 9.18 Å². The van der Waals surface area contributed by atoms with E-state index in [-0.39, 0.29) is 11.5 Å². The second kappa shape index (κ2) is 7.10. The second-order valence-electron chi connectivity index (χ2n) is 6.09. The average Bonchev–Trinajstić information content (AvgIpc) is 3.19. The number of aromatic nitrogens is 3. The summed E-state index contributed by atoms with van der Waals surface area (Å²) in [4.78, 5) is 12.2. The Morgan fingerprint density at radius 1 is 1.32 bits per heavy atom. The fourth-order valence-electron chi connectivity index (χ4n) is 2.16. The molecular weight excluding hydrogens is 343 g/mol. The SMILES string of the molecule is Cc1ccc(-c2cc(C(=O)Nc3nnc(CC(C)C)s3)no2)cc1F. The lowest BCUT2D eigenvalue weighted by Gasteiger charge is -1.98. The zero-order valence-corrected chi connectivity index (χ0v) is 14.9. The third-order valence-electron chi connectivity index (χ3n) is 3.47. The van der Waals surface area contributed by atoms with Crippen LogP contribution in [0, 0.1) is 18.7 Å². The molecule has 0 aliphatic heterocycles. The van der Waals surface area contributed by atoms with Crippen LogP contribution in [0.3, 0.4) is 0 Å². The summed E-state index contributed by atoms with van der Waals surface area (Å²) in [6.07, 6.45) is 0.806. The molecule has 0 unspecified atom stereocenters. The lowest BCUT2D eigenvalue weighted by Crippen LogP contribution is -2.11. The summed E-state index contributed by atoms with van der Waals surface area (Å²) in [6.45, 7) is 5.85. The van der Waals surface area contributed by atoms with Gasteiger partial charge in [-0.15, -0.1) is 10.2 Å². The molecular formula is C17H17FN4O2S. The van der Waals surface area contributed by atoms with Gasteiger partial charge < -0.3 is 4.52 Å². The standard InChI is InChI=1S/C17H17FN4O2S/c1-9(2)6-15-20-21-17(25-15)19-16(23)13-8-14(24-22-13)11-5-4-10(3)12(18)7-11/h4-5,7-9H,6H2,1-3H3,(H,19,21,23). The smallest absolute Gasteiger partial charge is 0.279 e. The number of nitrogens with zero attached hydrogens (tertiary/aromatic N) is 3. The van der Waals surface area contributed by atoms with Crippen LogP contribution >= 0.6 is 11.3 Å². The van der Waals surface area contributed by atoms with Crippen molar-refractivity contribution in [2.75, 3.05) is 5.32 Å². The van der Waals surface area contributed by atoms with Crippen molar-refractivity contribution in [3.8, 4) is 11.3 Å². The number of halogens is 1. The first kappa shape index (κ1) is 17.2. The zero-order valence-electron chi connectivity index (χ0n) is 14.0. The fraction of sp³-hybridized carbons (Fsp3) is 0.294. The number of nitrogens with one attached hydrogen (secondary N) is 1. The molecule has 0 saturated carbocycles. The molecule has 8 heteroatoms. The van der Waals surface area contributed by atoms with Crippen molar-refractivity contribution in [1.29, 1.82) is 0 Å². The number of benzene rings is 1. The van der Waals surface area contributed by atoms with Crippen LogP contribution in [0.25, 0.3) is 11.3 Å². The van der Waals surface area contributed by atoms with Crippen molar-refractivity contribution in [2.24, 2.45) is 5.92 Å². The van der Waals surface area contributed by atoms with Gasteiger partial charge in [0.15, 0.2) is 11.5 Å². The van der Waals surface area contributed by atoms with Crippen molar-refractivity contribution in [1.82, 2.24) is 15.4 Å². The summed E-state index contributed by atoms with van der Waals surface area (Å²) in [5.41, 5.74) is 1.15. The largest absolute Gasteiger partial charge is 0.355 e. The molecule has 0 aliphatic carbocycles. The molecule has 3 rings (SSSR count). The maximum absolute atomic E-state index is 13.7. The average molecular weight is 360 g/mol. The molecule has 0 radical (unpaired) electrons. The van der Waals surface area contributed by atoms with E-state index in [0.717, 1.165) is 11.4 Å². The van der Waals surface area contributed by atoms with Gasteiger partial charge in [0.2, 0.25) is 5.13 Å². The van der Waals surface area contributed by atoms with E-state index in [2.05, 4.69) is 34.5 Å². The number of anilines is 1. The number of aryl methyl sites for hydroxylation is 1. The zero-order chi connectivity index (χ0) is 18.0. The van der Waals surface area contributed by atoms with Crippen LogP contribution in [0.1, 0.15) is 34.9 Å². The van der Waals surface area contributed by atoms with Gasteiger partial charge in [-0.25, -0.2) is 4.39 Å². The molecule has 3 aromatic rings. The highest BCUT2D eigenvalue weighted by molar-refractivity contribution is 7.15. The van der Waals surface area contributed by atoms with Gasteiger partial charge in [0.1, 0.15) is 10.8 Å². The summed E-state index contributed by atoms with van der Waals surface area (Å²) >= 11 is 1.33. The van der Waals surface area contributed by atoms with E-state index in [1.54, 1.807) is 19.1 Å². The van der Waals surface area contributed by atoms with Crippen LogP contribution in [0.2, 0.25) is 0 Å². The monoisotopic (exact) mass is 360 g/mol. The topological polar surface area (TPSA) is 80.9 Å². The van der Waals surface area contributed by atoms with E-state index in [1.165, 1.54) is 23.5 Å². The predicted octanol–water partition coefficient (Wildman–Crippen LogP) is 4.09. The Morgan fingerprint density at radius 2 is 2.12 bits per heavy atom. The third kappa shape index (κ3) is 4.08. The highest BCUT2D eigenvalue weighted by Crippen LogP contribution is 2.24.